The molecule has 1 aliphatic heterocycles. The molecule has 0 atom stereocenters. The van der Waals surface area contributed by atoms with Crippen LogP contribution in [0.15, 0.2) is 0 Å². The van der Waals surface area contributed by atoms with Gasteiger partial charge >= 0.3 is 5.97 Å². The van der Waals surface area contributed by atoms with Crippen molar-refractivity contribution in [2.75, 3.05) is 26.3 Å². The number of carboxylic acids is 1. The van der Waals surface area contributed by atoms with Gasteiger partial charge < -0.3 is 9.84 Å². The molecule has 0 unspecified atom stereocenters. The molecule has 4 heteroatoms. The van der Waals surface area contributed by atoms with Crippen LogP contribution in [-0.2, 0) is 9.53 Å². The Labute approximate surface area is 83.8 Å². The number of ether oxygens (including phenoxy) is 1. The Bertz CT molecular complexity index is 209. The molecule has 1 N–H and O–H groups in total. The molecule has 1 heterocycles. The Balaban J connectivity index is 1.45. The van der Waals surface area contributed by atoms with Crippen molar-refractivity contribution in [3.05, 3.63) is 0 Å². The standard InChI is InChI=1S/C10H17NO3/c12-10(13)3-4-14-7-8-5-11(6-8)9-1-2-9/h8-9H,1-7H2,(H,12,13). The molecule has 1 saturated carbocycles. The van der Waals surface area contributed by atoms with Crippen LogP contribution in [-0.4, -0.2) is 48.3 Å². The molecular formula is C10H17NO3. The molecule has 0 aromatic heterocycles. The van der Waals surface area contributed by atoms with Crippen LogP contribution < -0.4 is 0 Å². The van der Waals surface area contributed by atoms with Gasteiger partial charge in [0.2, 0.25) is 0 Å². The Morgan fingerprint density at radius 3 is 2.71 bits per heavy atom. The van der Waals surface area contributed by atoms with E-state index in [0.717, 1.165) is 25.7 Å². The third kappa shape index (κ3) is 2.69. The first-order chi connectivity index (χ1) is 6.75. The summed E-state index contributed by atoms with van der Waals surface area (Å²) < 4.78 is 5.29. The third-order valence-electron chi connectivity index (χ3n) is 2.86. The van der Waals surface area contributed by atoms with E-state index in [0.29, 0.717) is 12.5 Å². The normalized spacial score (nSPS) is 23.4. The van der Waals surface area contributed by atoms with Gasteiger partial charge in [0.05, 0.1) is 19.6 Å². The van der Waals surface area contributed by atoms with Crippen molar-refractivity contribution in [1.82, 2.24) is 4.90 Å². The molecule has 2 fully saturated rings. The maximum Gasteiger partial charge on any atom is 0.305 e. The SMILES string of the molecule is O=C(O)CCOCC1CN(C2CC2)C1. The highest BCUT2D eigenvalue weighted by Crippen LogP contribution is 2.32. The van der Waals surface area contributed by atoms with Crippen molar-refractivity contribution in [3.63, 3.8) is 0 Å². The molecule has 1 aliphatic carbocycles. The summed E-state index contributed by atoms with van der Waals surface area (Å²) in [7, 11) is 0. The summed E-state index contributed by atoms with van der Waals surface area (Å²) in [6.07, 6.45) is 2.86. The molecule has 0 amide bonds. The quantitative estimate of drug-likeness (QED) is 0.635. The second-order valence-corrected chi connectivity index (χ2v) is 4.27. The topological polar surface area (TPSA) is 49.8 Å². The minimum atomic E-state index is -0.779. The molecule has 2 rings (SSSR count). The fourth-order valence-corrected chi connectivity index (χ4v) is 1.86. The van der Waals surface area contributed by atoms with Crippen LogP contribution in [0.4, 0.5) is 0 Å². The second kappa shape index (κ2) is 4.28. The molecule has 14 heavy (non-hydrogen) atoms. The van der Waals surface area contributed by atoms with Crippen LogP contribution >= 0.6 is 0 Å². The average molecular weight is 199 g/mol. The maximum atomic E-state index is 10.2. The van der Waals surface area contributed by atoms with Crippen molar-refractivity contribution < 1.29 is 14.6 Å². The van der Waals surface area contributed by atoms with Crippen molar-refractivity contribution in [3.8, 4) is 0 Å². The molecule has 0 aromatic carbocycles. The van der Waals surface area contributed by atoms with Gasteiger partial charge in [0.15, 0.2) is 0 Å². The van der Waals surface area contributed by atoms with Gasteiger partial charge in [0.1, 0.15) is 0 Å². The summed E-state index contributed by atoms with van der Waals surface area (Å²) in [5.41, 5.74) is 0. The van der Waals surface area contributed by atoms with Gasteiger partial charge in [-0.3, -0.25) is 9.69 Å². The molecule has 0 spiro atoms. The first kappa shape index (κ1) is 9.93. The Morgan fingerprint density at radius 2 is 2.14 bits per heavy atom. The zero-order valence-corrected chi connectivity index (χ0v) is 8.32. The molecule has 0 bridgehead atoms. The largest absolute Gasteiger partial charge is 0.481 e. The summed E-state index contributed by atoms with van der Waals surface area (Å²) in [6.45, 7) is 3.39. The van der Waals surface area contributed by atoms with Gasteiger partial charge in [-0.15, -0.1) is 0 Å². The summed E-state index contributed by atoms with van der Waals surface area (Å²) >= 11 is 0. The highest BCUT2D eigenvalue weighted by molar-refractivity contribution is 5.66. The van der Waals surface area contributed by atoms with Gasteiger partial charge in [0, 0.05) is 25.0 Å². The monoisotopic (exact) mass is 199 g/mol. The molecule has 0 radical (unpaired) electrons. The van der Waals surface area contributed by atoms with Crippen molar-refractivity contribution in [2.45, 2.75) is 25.3 Å². The average Bonchev–Trinajstić information content (AvgIpc) is 2.83. The lowest BCUT2D eigenvalue weighted by molar-refractivity contribution is -0.138. The van der Waals surface area contributed by atoms with Gasteiger partial charge in [-0.2, -0.15) is 0 Å². The number of hydrogen-bond donors (Lipinski definition) is 1. The van der Waals surface area contributed by atoms with Crippen LogP contribution in [0.2, 0.25) is 0 Å². The number of carboxylic acid groups (broad SMARTS) is 1. The smallest absolute Gasteiger partial charge is 0.305 e. The maximum absolute atomic E-state index is 10.2. The lowest BCUT2D eigenvalue weighted by atomic mass is 10.0. The number of nitrogens with zero attached hydrogens (tertiary/aromatic N) is 1. The zero-order chi connectivity index (χ0) is 9.97. The van der Waals surface area contributed by atoms with Gasteiger partial charge in [-0.05, 0) is 12.8 Å². The van der Waals surface area contributed by atoms with E-state index in [1.54, 1.807) is 0 Å². The minimum Gasteiger partial charge on any atom is -0.481 e. The van der Waals surface area contributed by atoms with Gasteiger partial charge in [0.25, 0.3) is 0 Å². The van der Waals surface area contributed by atoms with Crippen LogP contribution in [0.5, 0.6) is 0 Å². The fraction of sp³-hybridized carbons (Fsp3) is 0.900. The van der Waals surface area contributed by atoms with E-state index in [1.165, 1.54) is 12.8 Å². The summed E-state index contributed by atoms with van der Waals surface area (Å²) in [6, 6.07) is 0.866. The second-order valence-electron chi connectivity index (χ2n) is 4.27. The Kier molecular flexibility index (Phi) is 3.03. The summed E-state index contributed by atoms with van der Waals surface area (Å²) in [5, 5.41) is 8.38. The van der Waals surface area contributed by atoms with Crippen LogP contribution in [0.25, 0.3) is 0 Å². The predicted octanol–water partition coefficient (Wildman–Crippen LogP) is 0.572. The van der Waals surface area contributed by atoms with E-state index in [-0.39, 0.29) is 6.42 Å². The van der Waals surface area contributed by atoms with Crippen LogP contribution in [0.3, 0.4) is 0 Å². The first-order valence-corrected chi connectivity index (χ1v) is 5.29. The van der Waals surface area contributed by atoms with Crippen molar-refractivity contribution in [1.29, 1.82) is 0 Å². The number of hydrogen-bond acceptors (Lipinski definition) is 3. The minimum absolute atomic E-state index is 0.124. The van der Waals surface area contributed by atoms with Gasteiger partial charge in [-0.1, -0.05) is 0 Å². The highest BCUT2D eigenvalue weighted by Gasteiger charge is 2.37. The Hall–Kier alpha value is -0.610. The molecule has 4 nitrogen and oxygen atoms in total. The zero-order valence-electron chi connectivity index (χ0n) is 8.32. The number of carbonyl (C=O) groups is 1. The number of likely N-dealkylation sites (tertiary alicyclic amines) is 1. The van der Waals surface area contributed by atoms with Crippen LogP contribution in [0.1, 0.15) is 19.3 Å². The van der Waals surface area contributed by atoms with E-state index in [9.17, 15) is 4.79 Å². The third-order valence-corrected chi connectivity index (χ3v) is 2.86. The molecular weight excluding hydrogens is 182 g/mol. The summed E-state index contributed by atoms with van der Waals surface area (Å²) in [5.74, 6) is -0.136. The van der Waals surface area contributed by atoms with E-state index < -0.39 is 5.97 Å². The Morgan fingerprint density at radius 1 is 1.43 bits per heavy atom. The molecule has 0 aromatic rings. The lowest BCUT2D eigenvalue weighted by Crippen LogP contribution is -2.49. The van der Waals surface area contributed by atoms with E-state index in [2.05, 4.69) is 4.90 Å². The fourth-order valence-electron chi connectivity index (χ4n) is 1.86. The number of rotatable bonds is 6. The summed E-state index contributed by atoms with van der Waals surface area (Å²) in [4.78, 5) is 12.7. The lowest BCUT2D eigenvalue weighted by Gasteiger charge is -2.39. The van der Waals surface area contributed by atoms with Crippen molar-refractivity contribution >= 4 is 5.97 Å². The van der Waals surface area contributed by atoms with Crippen molar-refractivity contribution in [2.24, 2.45) is 5.92 Å². The molecule has 80 valence electrons. The number of aliphatic carboxylic acids is 1. The molecule has 2 aliphatic rings. The highest BCUT2D eigenvalue weighted by atomic mass is 16.5. The first-order valence-electron chi connectivity index (χ1n) is 5.29. The van der Waals surface area contributed by atoms with Crippen LogP contribution in [0, 0.1) is 5.92 Å². The predicted molar refractivity (Wildman–Crippen MR) is 51.2 cm³/mol. The molecule has 1 saturated heterocycles. The van der Waals surface area contributed by atoms with Gasteiger partial charge in [-0.25, -0.2) is 0 Å². The van der Waals surface area contributed by atoms with E-state index >= 15 is 0 Å². The van der Waals surface area contributed by atoms with E-state index in [1.807, 2.05) is 0 Å². The van der Waals surface area contributed by atoms with E-state index in [4.69, 9.17) is 9.84 Å².